The van der Waals surface area contributed by atoms with Crippen molar-refractivity contribution in [1.29, 1.82) is 0 Å². The van der Waals surface area contributed by atoms with E-state index in [-0.39, 0.29) is 28.5 Å². The second-order valence-corrected chi connectivity index (χ2v) is 6.16. The Bertz CT molecular complexity index is 1100. The third-order valence-electron chi connectivity index (χ3n) is 4.16. The molecule has 0 saturated heterocycles. The van der Waals surface area contributed by atoms with Gasteiger partial charge in [0.15, 0.2) is 10.8 Å². The maximum atomic E-state index is 13.0. The number of fused-ring (bicyclic) bond motifs is 1. The molecule has 3 heterocycles. The lowest BCUT2D eigenvalue weighted by Gasteiger charge is -2.09. The zero-order valence-electron chi connectivity index (χ0n) is 12.3. The summed E-state index contributed by atoms with van der Waals surface area (Å²) in [7, 11) is 0. The molecule has 0 amide bonds. The molecule has 2 N–H and O–H groups in total. The number of nitrogens with one attached hydrogen (secondary N) is 2. The predicted octanol–water partition coefficient (Wildman–Crippen LogP) is 2.09. The Hall–Kier alpha value is -2.62. The van der Waals surface area contributed by atoms with E-state index in [2.05, 4.69) is 15.1 Å². The van der Waals surface area contributed by atoms with Crippen LogP contribution < -0.4 is 11.2 Å². The highest BCUT2D eigenvalue weighted by Crippen LogP contribution is 2.57. The molecule has 1 aliphatic rings. The van der Waals surface area contributed by atoms with E-state index in [0.717, 1.165) is 6.20 Å². The summed E-state index contributed by atoms with van der Waals surface area (Å²) in [5, 5.41) is 4.25. The van der Waals surface area contributed by atoms with Crippen LogP contribution in [0.4, 0.5) is 13.2 Å². The highest BCUT2D eigenvalue weighted by Gasteiger charge is 2.57. The molecule has 0 aliphatic heterocycles. The van der Waals surface area contributed by atoms with Crippen molar-refractivity contribution >= 4 is 17.2 Å². The molecule has 4 rings (SSSR count). The van der Waals surface area contributed by atoms with Gasteiger partial charge in [-0.1, -0.05) is 11.6 Å². The van der Waals surface area contributed by atoms with Crippen LogP contribution in [-0.2, 0) is 0 Å². The average Bonchev–Trinajstić information content (AvgIpc) is 3.25. The van der Waals surface area contributed by atoms with Crippen molar-refractivity contribution in [3.63, 3.8) is 0 Å². The van der Waals surface area contributed by atoms with Crippen LogP contribution in [0, 0.1) is 5.92 Å². The van der Waals surface area contributed by atoms with Gasteiger partial charge in [0.05, 0.1) is 23.4 Å². The van der Waals surface area contributed by atoms with Gasteiger partial charge < -0.3 is 4.98 Å². The molecule has 11 heteroatoms. The van der Waals surface area contributed by atoms with Crippen molar-refractivity contribution in [2.75, 3.05) is 0 Å². The van der Waals surface area contributed by atoms with Crippen LogP contribution in [0.25, 0.3) is 16.9 Å². The smallest absolute Gasteiger partial charge is 0.313 e. The van der Waals surface area contributed by atoms with Crippen LogP contribution in [0.1, 0.15) is 17.9 Å². The Morgan fingerprint density at radius 2 is 2.08 bits per heavy atom. The fraction of sp³-hybridized carbons (Fsp3) is 0.286. The van der Waals surface area contributed by atoms with E-state index < -0.39 is 29.3 Å². The molecule has 1 fully saturated rings. The first-order chi connectivity index (χ1) is 11.8. The molecule has 0 aromatic carbocycles. The number of imidazole rings is 1. The van der Waals surface area contributed by atoms with E-state index in [0.29, 0.717) is 5.56 Å². The number of aromatic amines is 2. The predicted molar refractivity (Wildman–Crippen MR) is 81.6 cm³/mol. The SMILES string of the molecule is O=c1[nH]cc(-c2cc([C@@H]3C[C@H]3C(F)(F)F)c3ncc(Cl)n3n2)c(=O)[nH]1. The fourth-order valence-corrected chi connectivity index (χ4v) is 3.04. The van der Waals surface area contributed by atoms with Crippen LogP contribution in [0.2, 0.25) is 5.15 Å². The van der Waals surface area contributed by atoms with E-state index in [1.54, 1.807) is 0 Å². The van der Waals surface area contributed by atoms with Gasteiger partial charge in [0.2, 0.25) is 0 Å². The first-order valence-corrected chi connectivity index (χ1v) is 7.57. The van der Waals surface area contributed by atoms with E-state index in [1.165, 1.54) is 16.8 Å². The first-order valence-electron chi connectivity index (χ1n) is 7.19. The zero-order valence-corrected chi connectivity index (χ0v) is 13.0. The summed E-state index contributed by atoms with van der Waals surface area (Å²) < 4.78 is 40.0. The minimum Gasteiger partial charge on any atom is -0.313 e. The minimum absolute atomic E-state index is 0.0109. The van der Waals surface area contributed by atoms with Crippen molar-refractivity contribution in [1.82, 2.24) is 24.6 Å². The maximum absolute atomic E-state index is 13.0. The molecule has 130 valence electrons. The summed E-state index contributed by atoms with van der Waals surface area (Å²) in [6, 6.07) is 1.39. The summed E-state index contributed by atoms with van der Waals surface area (Å²) in [5.74, 6) is -2.24. The average molecular weight is 372 g/mol. The van der Waals surface area contributed by atoms with Crippen molar-refractivity contribution in [3.8, 4) is 11.3 Å². The Morgan fingerprint density at radius 1 is 1.32 bits per heavy atom. The van der Waals surface area contributed by atoms with Crippen LogP contribution in [0.3, 0.4) is 0 Å². The van der Waals surface area contributed by atoms with Crippen molar-refractivity contribution < 1.29 is 13.2 Å². The molecule has 25 heavy (non-hydrogen) atoms. The highest BCUT2D eigenvalue weighted by molar-refractivity contribution is 6.29. The molecule has 3 aromatic heterocycles. The van der Waals surface area contributed by atoms with Crippen molar-refractivity contribution in [2.45, 2.75) is 18.5 Å². The number of H-pyrrole nitrogens is 2. The quantitative estimate of drug-likeness (QED) is 0.721. The van der Waals surface area contributed by atoms with E-state index in [4.69, 9.17) is 11.6 Å². The largest absolute Gasteiger partial charge is 0.392 e. The third kappa shape index (κ3) is 2.62. The number of rotatable bonds is 2. The molecule has 3 aromatic rings. The molecule has 1 aliphatic carbocycles. The number of hydrogen-bond donors (Lipinski definition) is 2. The monoisotopic (exact) mass is 371 g/mol. The third-order valence-corrected chi connectivity index (χ3v) is 4.42. The fourth-order valence-electron chi connectivity index (χ4n) is 2.87. The van der Waals surface area contributed by atoms with Gasteiger partial charge in [0.25, 0.3) is 5.56 Å². The second-order valence-electron chi connectivity index (χ2n) is 5.78. The molecular weight excluding hydrogens is 363 g/mol. The minimum atomic E-state index is -4.31. The molecule has 2 atom stereocenters. The number of aromatic nitrogens is 5. The van der Waals surface area contributed by atoms with E-state index in [9.17, 15) is 22.8 Å². The van der Waals surface area contributed by atoms with Gasteiger partial charge in [-0.15, -0.1) is 0 Å². The summed E-state index contributed by atoms with van der Waals surface area (Å²) in [5.41, 5.74) is -0.781. The molecular formula is C14H9ClF3N5O2. The first kappa shape index (κ1) is 15.9. The lowest BCUT2D eigenvalue weighted by molar-refractivity contribution is -0.148. The number of hydrogen-bond acceptors (Lipinski definition) is 4. The van der Waals surface area contributed by atoms with Gasteiger partial charge in [-0.2, -0.15) is 18.3 Å². The summed E-state index contributed by atoms with van der Waals surface area (Å²) in [4.78, 5) is 31.5. The van der Waals surface area contributed by atoms with Gasteiger partial charge in [0.1, 0.15) is 0 Å². The van der Waals surface area contributed by atoms with Gasteiger partial charge >= 0.3 is 11.9 Å². The lowest BCUT2D eigenvalue weighted by Crippen LogP contribution is -2.23. The normalized spacial score (nSPS) is 20.2. The maximum Gasteiger partial charge on any atom is 0.392 e. The Morgan fingerprint density at radius 3 is 2.72 bits per heavy atom. The van der Waals surface area contributed by atoms with Gasteiger partial charge in [-0.3, -0.25) is 9.78 Å². The Labute approximate surface area is 141 Å². The molecule has 0 radical (unpaired) electrons. The molecule has 1 saturated carbocycles. The molecule has 7 nitrogen and oxygen atoms in total. The zero-order chi connectivity index (χ0) is 17.9. The number of halogens is 4. The van der Waals surface area contributed by atoms with Crippen LogP contribution in [0.5, 0.6) is 0 Å². The number of alkyl halides is 3. The second kappa shape index (κ2) is 5.19. The van der Waals surface area contributed by atoms with E-state index >= 15 is 0 Å². The van der Waals surface area contributed by atoms with Gasteiger partial charge in [-0.05, 0) is 18.4 Å². The highest BCUT2D eigenvalue weighted by atomic mass is 35.5. The number of nitrogens with zero attached hydrogens (tertiary/aromatic N) is 3. The summed E-state index contributed by atoms with van der Waals surface area (Å²) in [6.07, 6.45) is -1.94. The van der Waals surface area contributed by atoms with Gasteiger partial charge in [-0.25, -0.2) is 14.3 Å². The van der Waals surface area contributed by atoms with Crippen LogP contribution in [0.15, 0.2) is 28.0 Å². The Balaban J connectivity index is 1.91. The standard InChI is InChI=1S/C14H9ClF3N5O2/c15-10-4-19-11-6(5-1-8(5)14(16,17)18)2-9(22-23(10)11)7-3-20-13(25)21-12(7)24/h2-5,8H,1H2,(H2,20,21,24,25)/t5-,8+/m0/s1. The van der Waals surface area contributed by atoms with Crippen LogP contribution in [-0.4, -0.2) is 30.7 Å². The Kier molecular flexibility index (Phi) is 3.29. The molecule has 0 unspecified atom stereocenters. The van der Waals surface area contributed by atoms with E-state index in [1.807, 2.05) is 4.98 Å². The van der Waals surface area contributed by atoms with Gasteiger partial charge in [0, 0.05) is 11.8 Å². The topological polar surface area (TPSA) is 95.9 Å². The summed E-state index contributed by atoms with van der Waals surface area (Å²) in [6.45, 7) is 0. The molecule has 0 spiro atoms. The summed E-state index contributed by atoms with van der Waals surface area (Å²) >= 11 is 5.99. The van der Waals surface area contributed by atoms with Crippen molar-refractivity contribution in [2.24, 2.45) is 5.92 Å². The molecule has 0 bridgehead atoms. The van der Waals surface area contributed by atoms with Crippen LogP contribution >= 0.6 is 11.6 Å². The van der Waals surface area contributed by atoms with Crippen molar-refractivity contribution in [3.05, 3.63) is 50.0 Å². The lowest BCUT2D eigenvalue weighted by atomic mass is 10.1.